The maximum absolute atomic E-state index is 12.1. The minimum atomic E-state index is -0.0809. The van der Waals surface area contributed by atoms with Crippen LogP contribution in [-0.2, 0) is 6.54 Å². The van der Waals surface area contributed by atoms with Gasteiger partial charge in [0, 0.05) is 15.5 Å². The van der Waals surface area contributed by atoms with Gasteiger partial charge in [-0.05, 0) is 52.2 Å². The monoisotopic (exact) mass is 381 g/mol. The first kappa shape index (κ1) is 14.3. The lowest BCUT2D eigenvalue weighted by atomic mass is 10.1. The Morgan fingerprint density at radius 2 is 1.84 bits per heavy atom. The van der Waals surface area contributed by atoms with E-state index < -0.39 is 0 Å². The molecular formula is C15H13Br2NO. The Labute approximate surface area is 129 Å². The Morgan fingerprint density at radius 3 is 2.53 bits per heavy atom. The van der Waals surface area contributed by atoms with Gasteiger partial charge in [0.25, 0.3) is 5.91 Å². The van der Waals surface area contributed by atoms with Crippen molar-refractivity contribution in [3.05, 3.63) is 68.1 Å². The molecular weight excluding hydrogens is 370 g/mol. The van der Waals surface area contributed by atoms with Gasteiger partial charge in [0.1, 0.15) is 0 Å². The molecule has 0 saturated carbocycles. The molecule has 0 bridgehead atoms. The first-order valence-corrected chi connectivity index (χ1v) is 7.44. The number of amides is 1. The number of carbonyl (C=O) groups excluding carboxylic acids is 1. The molecule has 0 radical (unpaired) electrons. The van der Waals surface area contributed by atoms with E-state index >= 15 is 0 Å². The van der Waals surface area contributed by atoms with E-state index in [4.69, 9.17) is 0 Å². The molecule has 0 heterocycles. The van der Waals surface area contributed by atoms with E-state index in [1.165, 1.54) is 0 Å². The minimum absolute atomic E-state index is 0.0809. The molecule has 0 spiro atoms. The van der Waals surface area contributed by atoms with Crippen LogP contribution >= 0.6 is 31.9 Å². The zero-order valence-electron chi connectivity index (χ0n) is 10.4. The molecule has 0 fully saturated rings. The molecule has 0 aliphatic heterocycles. The standard InChI is InChI=1S/C15H13Br2NO/c1-10-6-7-12(14(17)8-10)15(19)18-9-11-4-2-3-5-13(11)16/h2-8H,9H2,1H3,(H,18,19). The van der Waals surface area contributed by atoms with Gasteiger partial charge in [-0.15, -0.1) is 0 Å². The number of rotatable bonds is 3. The Balaban J connectivity index is 2.08. The molecule has 0 saturated heterocycles. The number of halogens is 2. The van der Waals surface area contributed by atoms with Crippen molar-refractivity contribution in [2.45, 2.75) is 13.5 Å². The number of aryl methyl sites for hydroxylation is 1. The lowest BCUT2D eigenvalue weighted by Gasteiger charge is -2.08. The van der Waals surface area contributed by atoms with Crippen LogP contribution in [0.3, 0.4) is 0 Å². The van der Waals surface area contributed by atoms with Crippen molar-refractivity contribution >= 4 is 37.8 Å². The van der Waals surface area contributed by atoms with Crippen LogP contribution in [0, 0.1) is 6.92 Å². The second-order valence-corrected chi connectivity index (χ2v) is 5.97. The summed E-state index contributed by atoms with van der Waals surface area (Å²) in [5.41, 5.74) is 2.82. The van der Waals surface area contributed by atoms with Crippen molar-refractivity contribution in [1.82, 2.24) is 5.32 Å². The molecule has 2 aromatic carbocycles. The van der Waals surface area contributed by atoms with Crippen molar-refractivity contribution in [3.8, 4) is 0 Å². The lowest BCUT2D eigenvalue weighted by Crippen LogP contribution is -2.23. The third-order valence-electron chi connectivity index (χ3n) is 2.77. The number of hydrogen-bond donors (Lipinski definition) is 1. The van der Waals surface area contributed by atoms with Gasteiger partial charge >= 0.3 is 0 Å². The molecule has 98 valence electrons. The maximum Gasteiger partial charge on any atom is 0.252 e. The zero-order valence-corrected chi connectivity index (χ0v) is 13.6. The van der Waals surface area contributed by atoms with Gasteiger partial charge in [-0.2, -0.15) is 0 Å². The van der Waals surface area contributed by atoms with Crippen LogP contribution < -0.4 is 5.32 Å². The number of nitrogens with one attached hydrogen (secondary N) is 1. The van der Waals surface area contributed by atoms with E-state index in [1.54, 1.807) is 0 Å². The summed E-state index contributed by atoms with van der Waals surface area (Å²) in [6, 6.07) is 13.5. The first-order valence-electron chi connectivity index (χ1n) is 5.85. The van der Waals surface area contributed by atoms with E-state index in [1.807, 2.05) is 49.4 Å². The fourth-order valence-corrected chi connectivity index (χ4v) is 2.82. The summed E-state index contributed by atoms with van der Waals surface area (Å²) < 4.78 is 1.82. The quantitative estimate of drug-likeness (QED) is 0.834. The molecule has 19 heavy (non-hydrogen) atoms. The Kier molecular flexibility index (Phi) is 4.77. The number of benzene rings is 2. The zero-order chi connectivity index (χ0) is 13.8. The average Bonchev–Trinajstić information content (AvgIpc) is 2.37. The van der Waals surface area contributed by atoms with Gasteiger partial charge in [0.05, 0.1) is 5.56 Å². The second kappa shape index (κ2) is 6.35. The third kappa shape index (κ3) is 3.67. The van der Waals surface area contributed by atoms with E-state index in [9.17, 15) is 4.79 Å². The highest BCUT2D eigenvalue weighted by atomic mass is 79.9. The first-order chi connectivity index (χ1) is 9.08. The maximum atomic E-state index is 12.1. The van der Waals surface area contributed by atoms with Gasteiger partial charge in [0.15, 0.2) is 0 Å². The molecule has 0 unspecified atom stereocenters. The molecule has 2 nitrogen and oxygen atoms in total. The topological polar surface area (TPSA) is 29.1 Å². The predicted octanol–water partition coefficient (Wildman–Crippen LogP) is 4.45. The van der Waals surface area contributed by atoms with Crippen LogP contribution in [0.5, 0.6) is 0 Å². The highest BCUT2D eigenvalue weighted by Crippen LogP contribution is 2.19. The van der Waals surface area contributed by atoms with Crippen molar-refractivity contribution < 1.29 is 4.79 Å². The smallest absolute Gasteiger partial charge is 0.252 e. The molecule has 4 heteroatoms. The van der Waals surface area contributed by atoms with Gasteiger partial charge in [0.2, 0.25) is 0 Å². The minimum Gasteiger partial charge on any atom is -0.348 e. The summed E-state index contributed by atoms with van der Waals surface area (Å²) in [5, 5.41) is 2.92. The Hall–Kier alpha value is -1.13. The molecule has 0 aliphatic rings. The highest BCUT2D eigenvalue weighted by Gasteiger charge is 2.10. The number of hydrogen-bond acceptors (Lipinski definition) is 1. The summed E-state index contributed by atoms with van der Waals surface area (Å²) in [4.78, 5) is 12.1. The number of carbonyl (C=O) groups is 1. The fraction of sp³-hybridized carbons (Fsp3) is 0.133. The molecule has 2 rings (SSSR count). The van der Waals surface area contributed by atoms with Gasteiger partial charge in [-0.3, -0.25) is 4.79 Å². The normalized spacial score (nSPS) is 10.3. The summed E-state index contributed by atoms with van der Waals surface area (Å²) in [7, 11) is 0. The molecule has 0 atom stereocenters. The third-order valence-corrected chi connectivity index (χ3v) is 4.20. The molecule has 0 aliphatic carbocycles. The molecule has 1 N–H and O–H groups in total. The molecule has 2 aromatic rings. The summed E-state index contributed by atoms with van der Waals surface area (Å²) in [6.07, 6.45) is 0. The summed E-state index contributed by atoms with van der Waals surface area (Å²) >= 11 is 6.88. The van der Waals surface area contributed by atoms with Crippen LogP contribution in [-0.4, -0.2) is 5.91 Å². The van der Waals surface area contributed by atoms with Crippen LogP contribution in [0.2, 0.25) is 0 Å². The van der Waals surface area contributed by atoms with Crippen molar-refractivity contribution in [2.24, 2.45) is 0 Å². The van der Waals surface area contributed by atoms with Crippen LogP contribution in [0.25, 0.3) is 0 Å². The van der Waals surface area contributed by atoms with E-state index in [-0.39, 0.29) is 5.91 Å². The van der Waals surface area contributed by atoms with Crippen LogP contribution in [0.4, 0.5) is 0 Å². The van der Waals surface area contributed by atoms with Gasteiger partial charge < -0.3 is 5.32 Å². The Bertz CT molecular complexity index is 611. The van der Waals surface area contributed by atoms with Crippen LogP contribution in [0.15, 0.2) is 51.4 Å². The second-order valence-electron chi connectivity index (χ2n) is 4.26. The highest BCUT2D eigenvalue weighted by molar-refractivity contribution is 9.10. The van der Waals surface area contributed by atoms with Gasteiger partial charge in [-0.25, -0.2) is 0 Å². The van der Waals surface area contributed by atoms with E-state index in [0.717, 1.165) is 20.1 Å². The van der Waals surface area contributed by atoms with Crippen molar-refractivity contribution in [2.75, 3.05) is 0 Å². The molecule has 0 aromatic heterocycles. The Morgan fingerprint density at radius 1 is 1.11 bits per heavy atom. The van der Waals surface area contributed by atoms with Crippen molar-refractivity contribution in [1.29, 1.82) is 0 Å². The van der Waals surface area contributed by atoms with Crippen LogP contribution in [0.1, 0.15) is 21.5 Å². The van der Waals surface area contributed by atoms with Crippen molar-refractivity contribution in [3.63, 3.8) is 0 Å². The predicted molar refractivity (Wildman–Crippen MR) is 84.2 cm³/mol. The van der Waals surface area contributed by atoms with E-state index in [2.05, 4.69) is 37.2 Å². The van der Waals surface area contributed by atoms with Gasteiger partial charge in [-0.1, -0.05) is 40.2 Å². The lowest BCUT2D eigenvalue weighted by molar-refractivity contribution is 0.0950. The molecule has 1 amide bonds. The summed E-state index contributed by atoms with van der Waals surface area (Å²) in [5.74, 6) is -0.0809. The van der Waals surface area contributed by atoms with E-state index in [0.29, 0.717) is 12.1 Å². The average molecular weight is 383 g/mol. The SMILES string of the molecule is Cc1ccc(C(=O)NCc2ccccc2Br)c(Br)c1. The largest absolute Gasteiger partial charge is 0.348 e. The summed E-state index contributed by atoms with van der Waals surface area (Å²) in [6.45, 7) is 2.49. The fourth-order valence-electron chi connectivity index (χ4n) is 1.72.